The van der Waals surface area contributed by atoms with Crippen LogP contribution in [0, 0.1) is 0 Å². The smallest absolute Gasteiger partial charge is 0.336 e. The third-order valence-corrected chi connectivity index (χ3v) is 3.74. The Hall–Kier alpha value is -3.08. The molecule has 122 valence electrons. The fourth-order valence-electron chi connectivity index (χ4n) is 2.64. The second-order valence-electron chi connectivity index (χ2n) is 5.32. The molecule has 0 saturated heterocycles. The highest BCUT2D eigenvalue weighted by atomic mass is 16.5. The summed E-state index contributed by atoms with van der Waals surface area (Å²) in [6.07, 6.45) is 0.645. The first-order valence-corrected chi connectivity index (χ1v) is 7.57. The van der Waals surface area contributed by atoms with Gasteiger partial charge in [0.2, 0.25) is 0 Å². The van der Waals surface area contributed by atoms with Gasteiger partial charge in [0.05, 0.1) is 5.97 Å². The van der Waals surface area contributed by atoms with Crippen molar-refractivity contribution < 1.29 is 19.1 Å². The van der Waals surface area contributed by atoms with Crippen LogP contribution in [0.25, 0.3) is 22.1 Å². The molecule has 0 saturated carbocycles. The van der Waals surface area contributed by atoms with E-state index in [-0.39, 0.29) is 0 Å². The van der Waals surface area contributed by atoms with E-state index in [2.05, 4.69) is 0 Å². The van der Waals surface area contributed by atoms with Crippen LogP contribution >= 0.6 is 0 Å². The molecule has 0 radical (unpaired) electrons. The summed E-state index contributed by atoms with van der Waals surface area (Å²) in [4.78, 5) is 22.5. The number of aliphatic carboxylic acids is 1. The summed E-state index contributed by atoms with van der Waals surface area (Å²) in [6, 6.07) is 14.4. The van der Waals surface area contributed by atoms with E-state index < -0.39 is 18.2 Å². The summed E-state index contributed by atoms with van der Waals surface area (Å²) in [5, 5.41) is 11.4. The summed E-state index contributed by atoms with van der Waals surface area (Å²) >= 11 is 0. The van der Waals surface area contributed by atoms with Crippen LogP contribution in [-0.4, -0.2) is 12.6 Å². The minimum absolute atomic E-state index is 0.354. The van der Waals surface area contributed by atoms with Gasteiger partial charge in [0, 0.05) is 17.5 Å². The van der Waals surface area contributed by atoms with Crippen molar-refractivity contribution in [3.05, 3.63) is 64.5 Å². The van der Waals surface area contributed by atoms with Crippen molar-refractivity contribution in [2.45, 2.75) is 13.3 Å². The molecule has 0 bridgehead atoms. The molecule has 1 heterocycles. The first-order chi connectivity index (χ1) is 11.6. The Kier molecular flexibility index (Phi) is 4.33. The molecular weight excluding hydrogens is 308 g/mol. The topological polar surface area (TPSA) is 79.6 Å². The lowest BCUT2D eigenvalue weighted by atomic mass is 9.99. The molecule has 3 aromatic rings. The van der Waals surface area contributed by atoms with Crippen LogP contribution in [0.3, 0.4) is 0 Å². The standard InChI is InChI=1S/C19H16O5/c1-2-12-8-15-14(13-6-4-3-5-7-13)9-19(22)24-17(15)10-16(12)23-11-18(20)21/h3-10H,2,11H2,1H3,(H,20,21)/p-1. The third kappa shape index (κ3) is 3.15. The number of hydrogen-bond donors (Lipinski definition) is 0. The number of hydrogen-bond acceptors (Lipinski definition) is 5. The average molecular weight is 323 g/mol. The maximum atomic E-state index is 11.9. The van der Waals surface area contributed by atoms with Gasteiger partial charge in [-0.1, -0.05) is 37.3 Å². The molecule has 0 amide bonds. The van der Waals surface area contributed by atoms with E-state index in [1.54, 1.807) is 6.07 Å². The van der Waals surface area contributed by atoms with Crippen LogP contribution in [-0.2, 0) is 11.2 Å². The Balaban J connectivity index is 2.21. The van der Waals surface area contributed by atoms with Crippen molar-refractivity contribution in [1.82, 2.24) is 0 Å². The zero-order valence-electron chi connectivity index (χ0n) is 13.1. The number of carbonyl (C=O) groups excluding carboxylic acids is 1. The van der Waals surface area contributed by atoms with Crippen LogP contribution in [0.15, 0.2) is 57.7 Å². The second-order valence-corrected chi connectivity index (χ2v) is 5.32. The highest BCUT2D eigenvalue weighted by Crippen LogP contribution is 2.32. The van der Waals surface area contributed by atoms with Crippen LogP contribution < -0.4 is 15.5 Å². The molecule has 2 aromatic carbocycles. The number of ether oxygens (including phenoxy) is 1. The Morgan fingerprint density at radius 3 is 2.58 bits per heavy atom. The minimum Gasteiger partial charge on any atom is -0.546 e. The zero-order chi connectivity index (χ0) is 17.1. The molecule has 5 heteroatoms. The molecule has 3 rings (SSSR count). The number of carbonyl (C=O) groups is 1. The molecule has 0 atom stereocenters. The van der Waals surface area contributed by atoms with Gasteiger partial charge >= 0.3 is 5.63 Å². The minimum atomic E-state index is -1.31. The quantitative estimate of drug-likeness (QED) is 0.672. The van der Waals surface area contributed by atoms with Crippen molar-refractivity contribution >= 4 is 16.9 Å². The molecule has 0 aliphatic carbocycles. The monoisotopic (exact) mass is 323 g/mol. The zero-order valence-corrected chi connectivity index (χ0v) is 13.1. The summed E-state index contributed by atoms with van der Waals surface area (Å²) in [5.74, 6) is -0.931. The SMILES string of the molecule is CCc1cc2c(-c3ccccc3)cc(=O)oc2cc1OCC(=O)[O-]. The first kappa shape index (κ1) is 15.8. The van der Waals surface area contributed by atoms with Crippen LogP contribution in [0.5, 0.6) is 5.75 Å². The second kappa shape index (κ2) is 6.58. The molecule has 0 spiro atoms. The molecule has 0 unspecified atom stereocenters. The normalized spacial score (nSPS) is 10.7. The predicted octanol–water partition coefficient (Wildman–Crippen LogP) is 2.15. The predicted molar refractivity (Wildman–Crippen MR) is 87.8 cm³/mol. The fraction of sp³-hybridized carbons (Fsp3) is 0.158. The number of aryl methyl sites for hydroxylation is 1. The first-order valence-electron chi connectivity index (χ1n) is 7.57. The van der Waals surface area contributed by atoms with Gasteiger partial charge in [0.15, 0.2) is 0 Å². The summed E-state index contributed by atoms with van der Waals surface area (Å²) in [7, 11) is 0. The maximum absolute atomic E-state index is 11.9. The van der Waals surface area contributed by atoms with E-state index in [1.165, 1.54) is 6.07 Å². The van der Waals surface area contributed by atoms with E-state index in [0.29, 0.717) is 17.8 Å². The highest BCUT2D eigenvalue weighted by Gasteiger charge is 2.12. The average Bonchev–Trinajstić information content (AvgIpc) is 2.59. The van der Waals surface area contributed by atoms with E-state index >= 15 is 0 Å². The van der Waals surface area contributed by atoms with Gasteiger partial charge in [-0.3, -0.25) is 0 Å². The van der Waals surface area contributed by atoms with Crippen molar-refractivity contribution in [2.24, 2.45) is 0 Å². The van der Waals surface area contributed by atoms with Gasteiger partial charge in [-0.2, -0.15) is 0 Å². The van der Waals surface area contributed by atoms with Crippen molar-refractivity contribution in [3.63, 3.8) is 0 Å². The molecule has 0 fully saturated rings. The molecule has 0 aliphatic heterocycles. The maximum Gasteiger partial charge on any atom is 0.336 e. The van der Waals surface area contributed by atoms with Gasteiger partial charge in [0.1, 0.15) is 17.9 Å². The van der Waals surface area contributed by atoms with E-state index in [4.69, 9.17) is 9.15 Å². The Morgan fingerprint density at radius 1 is 1.17 bits per heavy atom. The molecular formula is C19H15O5-. The fourth-order valence-corrected chi connectivity index (χ4v) is 2.64. The Labute approximate surface area is 138 Å². The Morgan fingerprint density at radius 2 is 1.92 bits per heavy atom. The highest BCUT2D eigenvalue weighted by molar-refractivity contribution is 5.94. The summed E-state index contributed by atoms with van der Waals surface area (Å²) in [6.45, 7) is 1.38. The lowest BCUT2D eigenvalue weighted by Crippen LogP contribution is -2.29. The van der Waals surface area contributed by atoms with Gasteiger partial charge in [-0.25, -0.2) is 4.79 Å². The van der Waals surface area contributed by atoms with E-state index in [0.717, 1.165) is 22.1 Å². The third-order valence-electron chi connectivity index (χ3n) is 3.74. The van der Waals surface area contributed by atoms with Gasteiger partial charge in [-0.15, -0.1) is 0 Å². The Bertz CT molecular complexity index is 941. The number of carboxylic acid groups (broad SMARTS) is 1. The number of benzene rings is 2. The lowest BCUT2D eigenvalue weighted by molar-refractivity contribution is -0.307. The van der Waals surface area contributed by atoms with Gasteiger partial charge < -0.3 is 19.1 Å². The van der Waals surface area contributed by atoms with E-state index in [9.17, 15) is 14.7 Å². The van der Waals surface area contributed by atoms with E-state index in [1.807, 2.05) is 43.3 Å². The van der Waals surface area contributed by atoms with Crippen LogP contribution in [0.2, 0.25) is 0 Å². The molecule has 5 nitrogen and oxygen atoms in total. The van der Waals surface area contributed by atoms with Gasteiger partial charge in [0.25, 0.3) is 0 Å². The molecule has 0 N–H and O–H groups in total. The number of rotatable bonds is 5. The number of carboxylic acids is 1. The molecule has 1 aromatic heterocycles. The lowest BCUT2D eigenvalue weighted by Gasteiger charge is -2.13. The molecule has 24 heavy (non-hydrogen) atoms. The van der Waals surface area contributed by atoms with Crippen molar-refractivity contribution in [3.8, 4) is 16.9 Å². The summed E-state index contributed by atoms with van der Waals surface area (Å²) in [5.41, 5.74) is 2.38. The van der Waals surface area contributed by atoms with Crippen molar-refractivity contribution in [2.75, 3.05) is 6.61 Å². The van der Waals surface area contributed by atoms with Crippen molar-refractivity contribution in [1.29, 1.82) is 0 Å². The largest absolute Gasteiger partial charge is 0.546 e. The van der Waals surface area contributed by atoms with Gasteiger partial charge in [-0.05, 0) is 29.2 Å². The number of fused-ring (bicyclic) bond motifs is 1. The summed E-state index contributed by atoms with van der Waals surface area (Å²) < 4.78 is 10.5. The molecule has 0 aliphatic rings. The van der Waals surface area contributed by atoms with Crippen LogP contribution in [0.1, 0.15) is 12.5 Å². The van der Waals surface area contributed by atoms with Crippen LogP contribution in [0.4, 0.5) is 0 Å².